The summed E-state index contributed by atoms with van der Waals surface area (Å²) in [5, 5.41) is 0. The van der Waals surface area contributed by atoms with E-state index in [2.05, 4.69) is 0 Å². The fourth-order valence-corrected chi connectivity index (χ4v) is 4.15. The Kier molecular flexibility index (Phi) is 7.15. The predicted molar refractivity (Wildman–Crippen MR) is 117 cm³/mol. The van der Waals surface area contributed by atoms with Gasteiger partial charge in [0.2, 0.25) is 5.43 Å². The van der Waals surface area contributed by atoms with Crippen LogP contribution in [0.3, 0.4) is 0 Å². The van der Waals surface area contributed by atoms with Gasteiger partial charge in [-0.1, -0.05) is 51.1 Å². The number of nitrogens with zero attached hydrogens (tertiary/aromatic N) is 2. The molecule has 3 rings (SSSR count). The highest BCUT2D eigenvalue weighted by Gasteiger charge is 2.42. The molecule has 1 aliphatic rings. The summed E-state index contributed by atoms with van der Waals surface area (Å²) in [6.07, 6.45) is 3.39. The zero-order chi connectivity index (χ0) is 22.5. The smallest absolute Gasteiger partial charge is 0.343 e. The molecule has 1 aliphatic heterocycles. The van der Waals surface area contributed by atoms with Crippen LogP contribution in [0.25, 0.3) is 0 Å². The Morgan fingerprint density at radius 3 is 2.32 bits per heavy atom. The second-order valence-corrected chi connectivity index (χ2v) is 7.52. The van der Waals surface area contributed by atoms with Crippen LogP contribution in [-0.4, -0.2) is 34.0 Å². The molecule has 166 valence electrons. The van der Waals surface area contributed by atoms with Gasteiger partial charge in [0.1, 0.15) is 18.3 Å². The normalized spacial score (nSPS) is 15.3. The van der Waals surface area contributed by atoms with Gasteiger partial charge in [-0.15, -0.1) is 0 Å². The van der Waals surface area contributed by atoms with E-state index in [1.165, 1.54) is 6.20 Å². The topological polar surface area (TPSA) is 77.8 Å². The maximum atomic E-state index is 13.5. The number of benzene rings is 1. The first-order valence-electron chi connectivity index (χ1n) is 10.9. The predicted octanol–water partition coefficient (Wildman–Crippen LogP) is 4.16. The van der Waals surface area contributed by atoms with Gasteiger partial charge in [0, 0.05) is 12.2 Å². The van der Waals surface area contributed by atoms with Crippen molar-refractivity contribution in [2.24, 2.45) is 0 Å². The summed E-state index contributed by atoms with van der Waals surface area (Å²) in [5.74, 6) is -1.04. The molecule has 7 heteroatoms. The Bertz CT molecular complexity index is 995. The molecule has 0 saturated heterocycles. The van der Waals surface area contributed by atoms with E-state index in [1.54, 1.807) is 11.5 Å². The van der Waals surface area contributed by atoms with Crippen molar-refractivity contribution in [1.29, 1.82) is 0 Å². The van der Waals surface area contributed by atoms with Crippen LogP contribution < -0.4 is 10.2 Å². The average molecular weight is 427 g/mol. The lowest BCUT2D eigenvalue weighted by atomic mass is 10.1. The van der Waals surface area contributed by atoms with Crippen molar-refractivity contribution in [3.05, 3.63) is 63.6 Å². The molecule has 31 heavy (non-hydrogen) atoms. The first-order chi connectivity index (χ1) is 15.0. The highest BCUT2D eigenvalue weighted by atomic mass is 16.5. The highest BCUT2D eigenvalue weighted by Crippen LogP contribution is 2.36. The van der Waals surface area contributed by atoms with Crippen molar-refractivity contribution >= 4 is 11.9 Å². The summed E-state index contributed by atoms with van der Waals surface area (Å²) in [6.45, 7) is 8.01. The van der Waals surface area contributed by atoms with E-state index >= 15 is 0 Å². The largest absolute Gasteiger partial charge is 0.483 e. The number of amides is 1. The van der Waals surface area contributed by atoms with Gasteiger partial charge in [-0.2, -0.15) is 0 Å². The van der Waals surface area contributed by atoms with Crippen LogP contribution in [0, 0.1) is 0 Å². The average Bonchev–Trinajstić information content (AvgIpc) is 3.06. The number of hydrogen-bond acceptors (Lipinski definition) is 5. The number of rotatable bonds is 9. The van der Waals surface area contributed by atoms with Gasteiger partial charge >= 0.3 is 5.97 Å². The number of carbonyl (C=O) groups excluding carboxylic acids is 2. The zero-order valence-corrected chi connectivity index (χ0v) is 18.6. The van der Waals surface area contributed by atoms with E-state index in [9.17, 15) is 14.4 Å². The van der Waals surface area contributed by atoms with Crippen LogP contribution >= 0.6 is 0 Å². The second kappa shape index (κ2) is 9.81. The van der Waals surface area contributed by atoms with Crippen molar-refractivity contribution in [2.75, 3.05) is 6.61 Å². The first kappa shape index (κ1) is 22.6. The summed E-state index contributed by atoms with van der Waals surface area (Å²) in [6, 6.07) is 9.41. The molecule has 1 unspecified atom stereocenters. The number of ether oxygens (including phenoxy) is 2. The van der Waals surface area contributed by atoms with Crippen LogP contribution in [-0.2, 0) is 11.3 Å². The Balaban J connectivity index is 2.14. The van der Waals surface area contributed by atoms with Gasteiger partial charge < -0.3 is 18.9 Å². The number of fused-ring (bicyclic) bond motifs is 1. The van der Waals surface area contributed by atoms with E-state index in [4.69, 9.17) is 9.47 Å². The number of hydrogen-bond donors (Lipinski definition) is 0. The molecule has 0 N–H and O–H groups in total. The van der Waals surface area contributed by atoms with E-state index in [0.29, 0.717) is 6.42 Å². The van der Waals surface area contributed by atoms with Crippen molar-refractivity contribution in [2.45, 2.75) is 65.8 Å². The van der Waals surface area contributed by atoms with Crippen molar-refractivity contribution in [3.8, 4) is 5.75 Å². The second-order valence-electron chi connectivity index (χ2n) is 7.52. The molecule has 0 fully saturated rings. The van der Waals surface area contributed by atoms with Gasteiger partial charge in [-0.3, -0.25) is 9.59 Å². The standard InChI is InChI=1S/C24H30N2O5/c1-5-17(6-2)26-19(7-3)25-14-18(24(29)30-8-4)21(27)22(20(25)23(26)28)31-15-16-12-10-9-11-13-16/h9-14,17,19H,5-8,15H2,1-4H3. The summed E-state index contributed by atoms with van der Waals surface area (Å²) in [5.41, 5.74) is 0.325. The Morgan fingerprint density at radius 2 is 1.74 bits per heavy atom. The lowest BCUT2D eigenvalue weighted by Gasteiger charge is -2.31. The first-order valence-corrected chi connectivity index (χ1v) is 10.9. The molecule has 0 radical (unpaired) electrons. The summed E-state index contributed by atoms with van der Waals surface area (Å²) >= 11 is 0. The molecule has 0 aliphatic carbocycles. The van der Waals surface area contributed by atoms with Gasteiger partial charge in [0.25, 0.3) is 5.91 Å². The molecule has 0 bridgehead atoms. The number of esters is 1. The van der Waals surface area contributed by atoms with Crippen LogP contribution in [0.15, 0.2) is 41.3 Å². The van der Waals surface area contributed by atoms with Crippen molar-refractivity contribution in [1.82, 2.24) is 9.47 Å². The lowest BCUT2D eigenvalue weighted by molar-refractivity contribution is 0.0522. The molecule has 2 heterocycles. The molecular formula is C24H30N2O5. The third-order valence-electron chi connectivity index (χ3n) is 5.69. The molecule has 0 saturated carbocycles. The van der Waals surface area contributed by atoms with Crippen LogP contribution in [0.2, 0.25) is 0 Å². The zero-order valence-electron chi connectivity index (χ0n) is 18.6. The molecule has 1 atom stereocenters. The van der Waals surface area contributed by atoms with Crippen LogP contribution in [0.5, 0.6) is 5.75 Å². The molecule has 1 aromatic heterocycles. The van der Waals surface area contributed by atoms with E-state index in [1.807, 2.05) is 56.0 Å². The SMILES string of the molecule is CCOC(=O)c1cn2c(c(OCc3ccccc3)c1=O)C(=O)N(C(CC)CC)C2CC. The Hall–Kier alpha value is -3.09. The third kappa shape index (κ3) is 4.22. The number of pyridine rings is 1. The maximum absolute atomic E-state index is 13.5. The van der Waals surface area contributed by atoms with Gasteiger partial charge in [0.15, 0.2) is 11.4 Å². The quantitative estimate of drug-likeness (QED) is 0.563. The van der Waals surface area contributed by atoms with Crippen molar-refractivity contribution < 1.29 is 19.1 Å². The number of carbonyl (C=O) groups is 2. The highest BCUT2D eigenvalue weighted by molar-refractivity contribution is 5.99. The summed E-state index contributed by atoms with van der Waals surface area (Å²) in [7, 11) is 0. The van der Waals surface area contributed by atoms with Crippen molar-refractivity contribution in [3.63, 3.8) is 0 Å². The summed E-state index contributed by atoms with van der Waals surface area (Å²) < 4.78 is 12.7. The minimum atomic E-state index is -0.712. The fraction of sp³-hybridized carbons (Fsp3) is 0.458. The molecule has 2 aromatic rings. The minimum absolute atomic E-state index is 0.0282. The lowest BCUT2D eigenvalue weighted by Crippen LogP contribution is -2.38. The van der Waals surface area contributed by atoms with Gasteiger partial charge in [0.05, 0.1) is 6.61 Å². The maximum Gasteiger partial charge on any atom is 0.343 e. The van der Waals surface area contributed by atoms with Gasteiger partial charge in [-0.05, 0) is 31.7 Å². The summed E-state index contributed by atoms with van der Waals surface area (Å²) in [4.78, 5) is 41.0. The van der Waals surface area contributed by atoms with Crippen LogP contribution in [0.1, 0.15) is 79.5 Å². The van der Waals surface area contributed by atoms with E-state index in [-0.39, 0.29) is 48.3 Å². The Morgan fingerprint density at radius 1 is 1.06 bits per heavy atom. The van der Waals surface area contributed by atoms with E-state index < -0.39 is 11.4 Å². The molecule has 1 aromatic carbocycles. The molecule has 7 nitrogen and oxygen atoms in total. The third-order valence-corrected chi connectivity index (χ3v) is 5.69. The molecule has 1 amide bonds. The number of aromatic nitrogens is 1. The van der Waals surface area contributed by atoms with Crippen LogP contribution in [0.4, 0.5) is 0 Å². The van der Waals surface area contributed by atoms with E-state index in [0.717, 1.165) is 18.4 Å². The monoisotopic (exact) mass is 426 g/mol. The fourth-order valence-electron chi connectivity index (χ4n) is 4.15. The van der Waals surface area contributed by atoms with Gasteiger partial charge in [-0.25, -0.2) is 4.79 Å². The molecule has 0 spiro atoms. The molecular weight excluding hydrogens is 396 g/mol. The minimum Gasteiger partial charge on any atom is -0.483 e. The Labute approximate surface area is 182 Å².